The Hall–Kier alpha value is -1.77. The van der Waals surface area contributed by atoms with E-state index in [1.165, 1.54) is 25.9 Å². The maximum Gasteiger partial charge on any atom is 0.188 e. The average Bonchev–Trinajstić information content (AvgIpc) is 2.91. The monoisotopic (exact) mass is 302 g/mol. The molecule has 21 heavy (non-hydrogen) atoms. The van der Waals surface area contributed by atoms with Gasteiger partial charge in [0.1, 0.15) is 11.6 Å². The molecule has 6 heteroatoms. The van der Waals surface area contributed by atoms with Crippen LogP contribution in [-0.4, -0.2) is 35.7 Å². The van der Waals surface area contributed by atoms with E-state index in [9.17, 15) is 5.26 Å². The van der Waals surface area contributed by atoms with Crippen LogP contribution in [0.4, 0.5) is 5.82 Å². The van der Waals surface area contributed by atoms with Gasteiger partial charge in [0.15, 0.2) is 11.4 Å². The molecule has 4 heterocycles. The fourth-order valence-corrected chi connectivity index (χ4v) is 3.68. The Morgan fingerprint density at radius 1 is 1.38 bits per heavy atom. The highest BCUT2D eigenvalue weighted by molar-refractivity contribution is 6.32. The Kier molecular flexibility index (Phi) is 3.02. The normalized spacial score (nSPS) is 27.7. The first-order valence-corrected chi connectivity index (χ1v) is 7.61. The van der Waals surface area contributed by atoms with E-state index in [2.05, 4.69) is 21.4 Å². The molecule has 3 saturated heterocycles. The number of halogens is 1. The third-order valence-corrected chi connectivity index (χ3v) is 5.00. The van der Waals surface area contributed by atoms with E-state index in [0.717, 1.165) is 17.7 Å². The van der Waals surface area contributed by atoms with Crippen molar-refractivity contribution in [2.45, 2.75) is 18.9 Å². The van der Waals surface area contributed by atoms with Crippen LogP contribution < -0.4 is 5.32 Å². The predicted octanol–water partition coefficient (Wildman–Crippen LogP) is 2.86. The highest BCUT2D eigenvalue weighted by Gasteiger charge is 2.34. The molecule has 2 bridgehead atoms. The Bertz CT molecular complexity index is 727. The van der Waals surface area contributed by atoms with Crippen molar-refractivity contribution in [3.05, 3.63) is 22.7 Å². The first kappa shape index (κ1) is 12.9. The first-order valence-electron chi connectivity index (χ1n) is 7.23. The summed E-state index contributed by atoms with van der Waals surface area (Å²) in [7, 11) is 0. The van der Waals surface area contributed by atoms with Gasteiger partial charge in [-0.1, -0.05) is 16.8 Å². The lowest BCUT2D eigenvalue weighted by molar-refractivity contribution is 0.0973. The first-order chi connectivity index (χ1) is 10.3. The molecule has 0 amide bonds. The molecule has 1 aromatic heterocycles. The number of nitriles is 1. The number of hydrogen-bond acceptors (Lipinski definition) is 5. The van der Waals surface area contributed by atoms with Crippen molar-refractivity contribution in [3.63, 3.8) is 0 Å². The summed E-state index contributed by atoms with van der Waals surface area (Å²) in [5, 5.41) is 18.0. The van der Waals surface area contributed by atoms with Crippen molar-refractivity contribution in [1.29, 1.82) is 5.26 Å². The van der Waals surface area contributed by atoms with Gasteiger partial charge in [0.2, 0.25) is 0 Å². The molecule has 5 rings (SSSR count). The van der Waals surface area contributed by atoms with Gasteiger partial charge >= 0.3 is 0 Å². The van der Waals surface area contributed by atoms with Crippen LogP contribution in [0.5, 0.6) is 0 Å². The Morgan fingerprint density at radius 3 is 2.86 bits per heavy atom. The zero-order valence-corrected chi connectivity index (χ0v) is 12.2. The smallest absolute Gasteiger partial charge is 0.188 e. The second kappa shape index (κ2) is 4.90. The summed E-state index contributed by atoms with van der Waals surface area (Å²) in [5.74, 6) is 1.42. The number of piperidine rings is 3. The van der Waals surface area contributed by atoms with E-state index in [0.29, 0.717) is 28.1 Å². The van der Waals surface area contributed by atoms with Gasteiger partial charge in [0, 0.05) is 12.6 Å². The van der Waals surface area contributed by atoms with Crippen LogP contribution in [0.15, 0.2) is 16.7 Å². The molecule has 3 aliphatic rings. The minimum absolute atomic E-state index is 0.351. The minimum Gasteiger partial charge on any atom is -0.362 e. The standard InChI is InChI=1S/C15H15ClN4O/c16-12-2-1-10-14(11(12)7-17)21-19-15(10)18-13-8-20-5-3-9(13)4-6-20/h1-2,9,13H,3-6,8H2,(H,18,19)/t13-/m1/s1. The maximum atomic E-state index is 9.18. The van der Waals surface area contributed by atoms with Crippen molar-refractivity contribution < 1.29 is 4.52 Å². The molecule has 108 valence electrons. The summed E-state index contributed by atoms with van der Waals surface area (Å²) >= 11 is 6.02. The fourth-order valence-electron chi connectivity index (χ4n) is 3.49. The fraction of sp³-hybridized carbons (Fsp3) is 0.467. The molecule has 2 aromatic rings. The highest BCUT2D eigenvalue weighted by Crippen LogP contribution is 2.34. The lowest BCUT2D eigenvalue weighted by atomic mass is 9.84. The van der Waals surface area contributed by atoms with Gasteiger partial charge in [-0.3, -0.25) is 0 Å². The third kappa shape index (κ3) is 2.06. The van der Waals surface area contributed by atoms with Crippen LogP contribution in [0.3, 0.4) is 0 Å². The van der Waals surface area contributed by atoms with Crippen molar-refractivity contribution in [3.8, 4) is 6.07 Å². The summed E-state index contributed by atoms with van der Waals surface area (Å²) < 4.78 is 5.34. The molecule has 0 aliphatic carbocycles. The summed E-state index contributed by atoms with van der Waals surface area (Å²) in [4.78, 5) is 2.48. The molecule has 0 saturated carbocycles. The van der Waals surface area contributed by atoms with Gasteiger partial charge in [0.05, 0.1) is 10.4 Å². The number of nitrogens with one attached hydrogen (secondary N) is 1. The van der Waals surface area contributed by atoms with Crippen molar-refractivity contribution in [2.75, 3.05) is 25.0 Å². The van der Waals surface area contributed by atoms with E-state index < -0.39 is 0 Å². The zero-order valence-electron chi connectivity index (χ0n) is 11.5. The zero-order chi connectivity index (χ0) is 14.4. The van der Waals surface area contributed by atoms with Gasteiger partial charge in [-0.2, -0.15) is 5.26 Å². The van der Waals surface area contributed by atoms with Gasteiger partial charge in [-0.05, 0) is 44.0 Å². The third-order valence-electron chi connectivity index (χ3n) is 4.68. The molecule has 1 atom stereocenters. The number of rotatable bonds is 2. The molecule has 5 nitrogen and oxygen atoms in total. The highest BCUT2D eigenvalue weighted by atomic mass is 35.5. The lowest BCUT2D eigenvalue weighted by Gasteiger charge is -2.44. The van der Waals surface area contributed by atoms with E-state index >= 15 is 0 Å². The molecule has 3 fully saturated rings. The van der Waals surface area contributed by atoms with Crippen molar-refractivity contribution in [1.82, 2.24) is 10.1 Å². The quantitative estimate of drug-likeness (QED) is 0.924. The van der Waals surface area contributed by atoms with Crippen LogP contribution in [0.25, 0.3) is 11.0 Å². The predicted molar refractivity (Wildman–Crippen MR) is 80.3 cm³/mol. The molecule has 0 unspecified atom stereocenters. The second-order valence-electron chi connectivity index (χ2n) is 5.83. The van der Waals surface area contributed by atoms with Crippen molar-refractivity contribution in [2.24, 2.45) is 5.92 Å². The molecule has 1 N–H and O–H groups in total. The number of benzene rings is 1. The van der Waals surface area contributed by atoms with Crippen LogP contribution in [-0.2, 0) is 0 Å². The second-order valence-corrected chi connectivity index (χ2v) is 6.24. The number of aromatic nitrogens is 1. The molecule has 0 spiro atoms. The van der Waals surface area contributed by atoms with Gasteiger partial charge in [-0.25, -0.2) is 0 Å². The molecule has 3 aliphatic heterocycles. The lowest BCUT2D eigenvalue weighted by Crippen LogP contribution is -2.53. The van der Waals surface area contributed by atoms with E-state index in [1.807, 2.05) is 6.07 Å². The molecular formula is C15H15ClN4O. The van der Waals surface area contributed by atoms with Crippen LogP contribution in [0.1, 0.15) is 18.4 Å². The Morgan fingerprint density at radius 2 is 2.19 bits per heavy atom. The molecule has 0 radical (unpaired) electrons. The number of anilines is 1. The average molecular weight is 303 g/mol. The topological polar surface area (TPSA) is 65.1 Å². The Balaban J connectivity index is 1.67. The molecular weight excluding hydrogens is 288 g/mol. The SMILES string of the molecule is N#Cc1c(Cl)ccc2c(N[C@@H]3CN4CCC3CC4)noc12. The summed E-state index contributed by atoms with van der Waals surface area (Å²) in [5.41, 5.74) is 0.817. The minimum atomic E-state index is 0.351. The summed E-state index contributed by atoms with van der Waals surface area (Å²) in [6, 6.07) is 6.07. The van der Waals surface area contributed by atoms with Gasteiger partial charge in [-0.15, -0.1) is 0 Å². The van der Waals surface area contributed by atoms with Crippen LogP contribution in [0.2, 0.25) is 5.02 Å². The van der Waals surface area contributed by atoms with Gasteiger partial charge in [0.25, 0.3) is 0 Å². The Labute approximate surface area is 127 Å². The molecule has 1 aromatic carbocycles. The number of nitrogens with zero attached hydrogens (tertiary/aromatic N) is 3. The van der Waals surface area contributed by atoms with Crippen LogP contribution in [0, 0.1) is 17.2 Å². The maximum absolute atomic E-state index is 9.18. The summed E-state index contributed by atoms with van der Waals surface area (Å²) in [6.07, 6.45) is 2.48. The van der Waals surface area contributed by atoms with E-state index in [4.69, 9.17) is 16.1 Å². The van der Waals surface area contributed by atoms with Crippen molar-refractivity contribution >= 4 is 28.4 Å². The van der Waals surface area contributed by atoms with Gasteiger partial charge < -0.3 is 14.7 Å². The largest absolute Gasteiger partial charge is 0.362 e. The summed E-state index contributed by atoms with van der Waals surface area (Å²) in [6.45, 7) is 3.46. The number of hydrogen-bond donors (Lipinski definition) is 1. The van der Waals surface area contributed by atoms with E-state index in [-0.39, 0.29) is 0 Å². The van der Waals surface area contributed by atoms with Crippen LogP contribution >= 0.6 is 11.6 Å². The number of fused-ring (bicyclic) bond motifs is 4. The van der Waals surface area contributed by atoms with E-state index in [1.54, 1.807) is 6.07 Å².